The minimum absolute atomic E-state index is 0.293. The number of methoxy groups -OCH3 is 1. The topological polar surface area (TPSA) is 76.9 Å². The first-order valence-electron chi connectivity index (χ1n) is 9.97. The average Bonchev–Trinajstić information content (AvgIpc) is 3.08. The first kappa shape index (κ1) is 23.8. The molecule has 7 nitrogen and oxygen atoms in total. The second-order valence-electron chi connectivity index (χ2n) is 6.82. The van der Waals surface area contributed by atoms with Crippen LogP contribution in [-0.2, 0) is 17.8 Å². The molecule has 0 saturated heterocycles. The smallest absolute Gasteiger partial charge is 0.411 e. The molecule has 2 N–H and O–H groups in total. The number of rotatable bonds is 5. The van der Waals surface area contributed by atoms with E-state index in [1.807, 2.05) is 75.8 Å². The Hall–Kier alpha value is -3.50. The van der Waals surface area contributed by atoms with Crippen LogP contribution in [0.1, 0.15) is 29.4 Å². The van der Waals surface area contributed by atoms with Crippen LogP contribution in [0.4, 0.5) is 10.5 Å². The molecule has 0 radical (unpaired) electrons. The van der Waals surface area contributed by atoms with Crippen LogP contribution in [0.5, 0.6) is 5.75 Å². The molecule has 31 heavy (non-hydrogen) atoms. The van der Waals surface area contributed by atoms with Gasteiger partial charge in [0.25, 0.3) is 0 Å². The van der Waals surface area contributed by atoms with Crippen molar-refractivity contribution in [2.24, 2.45) is 0 Å². The Morgan fingerprint density at radius 3 is 2.61 bits per heavy atom. The van der Waals surface area contributed by atoms with Crippen LogP contribution in [0.15, 0.2) is 36.5 Å². The maximum absolute atomic E-state index is 11.6. The number of ether oxygens (including phenoxy) is 2. The van der Waals surface area contributed by atoms with Crippen LogP contribution in [0, 0.1) is 25.7 Å². The number of pyridine rings is 1. The quantitative estimate of drug-likeness (QED) is 0.605. The Morgan fingerprint density at radius 1 is 1.19 bits per heavy atom. The van der Waals surface area contributed by atoms with Crippen molar-refractivity contribution in [3.05, 3.63) is 59.0 Å². The molecule has 1 aromatic carbocycles. The molecule has 164 valence electrons. The number of benzene rings is 1. The van der Waals surface area contributed by atoms with Crippen molar-refractivity contribution >= 4 is 17.4 Å². The second kappa shape index (κ2) is 11.6. The van der Waals surface area contributed by atoms with E-state index in [4.69, 9.17) is 9.47 Å². The molecule has 2 aromatic heterocycles. The molecule has 3 aromatic rings. The summed E-state index contributed by atoms with van der Waals surface area (Å²) in [5.41, 5.74) is 5.30. The van der Waals surface area contributed by atoms with E-state index in [1.165, 1.54) is 7.11 Å². The van der Waals surface area contributed by atoms with Gasteiger partial charge in [0.2, 0.25) is 0 Å². The lowest BCUT2D eigenvalue weighted by molar-refractivity contribution is 0.187. The molecular weight excluding hydrogens is 392 g/mol. The van der Waals surface area contributed by atoms with Crippen LogP contribution >= 0.6 is 0 Å². The lowest BCUT2D eigenvalue weighted by Gasteiger charge is -2.14. The van der Waals surface area contributed by atoms with Gasteiger partial charge in [0.15, 0.2) is 11.4 Å². The summed E-state index contributed by atoms with van der Waals surface area (Å²) in [6.45, 7) is 6.07. The van der Waals surface area contributed by atoms with Crippen molar-refractivity contribution in [3.8, 4) is 17.6 Å². The van der Waals surface area contributed by atoms with Gasteiger partial charge in [-0.25, -0.2) is 9.78 Å². The zero-order chi connectivity index (χ0) is 22.8. The summed E-state index contributed by atoms with van der Waals surface area (Å²) in [5.74, 6) is 6.70. The number of hydrogen-bond donors (Lipinski definition) is 2. The third-order valence-electron chi connectivity index (χ3n) is 4.55. The van der Waals surface area contributed by atoms with Gasteiger partial charge < -0.3 is 14.8 Å². The van der Waals surface area contributed by atoms with Crippen LogP contribution in [-0.4, -0.2) is 36.7 Å². The monoisotopic (exact) mass is 422 g/mol. The van der Waals surface area contributed by atoms with Crippen LogP contribution in [0.25, 0.3) is 5.65 Å². The first-order chi connectivity index (χ1) is 15.0. The van der Waals surface area contributed by atoms with Crippen molar-refractivity contribution in [3.63, 3.8) is 0 Å². The number of amides is 1. The van der Waals surface area contributed by atoms with E-state index in [2.05, 4.69) is 27.5 Å². The molecule has 0 fully saturated rings. The van der Waals surface area contributed by atoms with Crippen LogP contribution in [0.2, 0.25) is 0 Å². The highest BCUT2D eigenvalue weighted by atomic mass is 16.5. The summed E-state index contributed by atoms with van der Waals surface area (Å²) in [6.07, 6.45) is 2.09. The second-order valence-corrected chi connectivity index (χ2v) is 6.82. The van der Waals surface area contributed by atoms with E-state index in [0.29, 0.717) is 24.5 Å². The zero-order valence-electron chi connectivity index (χ0n) is 19.0. The summed E-state index contributed by atoms with van der Waals surface area (Å²) < 4.78 is 12.8. The Balaban J connectivity index is 0.00000107. The predicted octanol–water partition coefficient (Wildman–Crippen LogP) is 4.11. The highest BCUT2D eigenvalue weighted by Gasteiger charge is 2.14. The lowest BCUT2D eigenvalue weighted by atomic mass is 10.1. The van der Waals surface area contributed by atoms with Crippen molar-refractivity contribution < 1.29 is 14.3 Å². The SMILES string of the molecule is CC#CCc1c(C)nc2c(OCc3c(C)cccc3NC(=O)OC)cccn12.CNC. The highest BCUT2D eigenvalue weighted by Crippen LogP contribution is 2.26. The molecule has 0 aliphatic heterocycles. The number of aromatic nitrogens is 2. The molecule has 0 atom stereocenters. The van der Waals surface area contributed by atoms with Gasteiger partial charge in [0.05, 0.1) is 30.6 Å². The zero-order valence-corrected chi connectivity index (χ0v) is 19.0. The van der Waals surface area contributed by atoms with Crippen molar-refractivity contribution in [1.82, 2.24) is 14.7 Å². The number of carbonyl (C=O) groups is 1. The standard InChI is InChI=1S/C22H23N3O3.C2H7N/c1-5-6-11-19-16(3)23-21-20(12-8-13-25(19)21)28-14-17-15(2)9-7-10-18(17)24-22(26)27-4;1-3-2/h7-10,12-13H,11,14H2,1-4H3,(H,24,26);3H,1-2H3. The highest BCUT2D eigenvalue weighted by molar-refractivity contribution is 5.85. The minimum Gasteiger partial charge on any atom is -0.485 e. The summed E-state index contributed by atoms with van der Waals surface area (Å²) in [7, 11) is 5.09. The molecule has 0 aliphatic rings. The van der Waals surface area contributed by atoms with Crippen molar-refractivity contribution in [1.29, 1.82) is 0 Å². The van der Waals surface area contributed by atoms with Crippen molar-refractivity contribution in [2.75, 3.05) is 26.5 Å². The number of aryl methyl sites for hydroxylation is 2. The Morgan fingerprint density at radius 2 is 1.94 bits per heavy atom. The Labute approximate surface area is 183 Å². The summed E-state index contributed by atoms with van der Waals surface area (Å²) in [6, 6.07) is 9.50. The summed E-state index contributed by atoms with van der Waals surface area (Å²) in [4.78, 5) is 16.3. The fraction of sp³-hybridized carbons (Fsp3) is 0.333. The van der Waals surface area contributed by atoms with Gasteiger partial charge >= 0.3 is 6.09 Å². The summed E-state index contributed by atoms with van der Waals surface area (Å²) in [5, 5.41) is 5.48. The minimum atomic E-state index is -0.514. The molecule has 2 heterocycles. The van der Waals surface area contributed by atoms with Gasteiger partial charge in [0.1, 0.15) is 6.61 Å². The first-order valence-corrected chi connectivity index (χ1v) is 9.97. The maximum Gasteiger partial charge on any atom is 0.411 e. The molecule has 0 aliphatic carbocycles. The van der Waals surface area contributed by atoms with E-state index in [-0.39, 0.29) is 0 Å². The van der Waals surface area contributed by atoms with Gasteiger partial charge in [0, 0.05) is 11.8 Å². The van der Waals surface area contributed by atoms with Crippen LogP contribution < -0.4 is 15.4 Å². The van der Waals surface area contributed by atoms with E-state index in [0.717, 1.165) is 28.2 Å². The molecular formula is C24H30N4O3. The van der Waals surface area contributed by atoms with Gasteiger partial charge in [-0.3, -0.25) is 9.72 Å². The third kappa shape index (κ3) is 6.00. The number of hydrogen-bond acceptors (Lipinski definition) is 5. The molecule has 7 heteroatoms. The van der Waals surface area contributed by atoms with Gasteiger partial charge in [-0.1, -0.05) is 18.1 Å². The number of nitrogens with zero attached hydrogens (tertiary/aromatic N) is 2. The fourth-order valence-corrected chi connectivity index (χ4v) is 3.02. The number of anilines is 1. The normalized spacial score (nSPS) is 9.87. The largest absolute Gasteiger partial charge is 0.485 e. The molecule has 0 spiro atoms. The lowest BCUT2D eigenvalue weighted by Crippen LogP contribution is -2.14. The van der Waals surface area contributed by atoms with Gasteiger partial charge in [-0.2, -0.15) is 0 Å². The molecule has 0 bridgehead atoms. The summed E-state index contributed by atoms with van der Waals surface area (Å²) >= 11 is 0. The Kier molecular flexibility index (Phi) is 8.92. The maximum atomic E-state index is 11.6. The molecule has 3 rings (SSSR count). The van der Waals surface area contributed by atoms with Crippen molar-refractivity contribution in [2.45, 2.75) is 33.8 Å². The van der Waals surface area contributed by atoms with E-state index in [1.54, 1.807) is 0 Å². The average molecular weight is 423 g/mol. The number of imidazole rings is 1. The van der Waals surface area contributed by atoms with E-state index >= 15 is 0 Å². The van der Waals surface area contributed by atoms with Crippen LogP contribution in [0.3, 0.4) is 0 Å². The molecule has 1 amide bonds. The van der Waals surface area contributed by atoms with Gasteiger partial charge in [-0.15, -0.1) is 5.92 Å². The number of carbonyl (C=O) groups excluding carboxylic acids is 1. The number of nitrogens with one attached hydrogen (secondary N) is 2. The fourth-order valence-electron chi connectivity index (χ4n) is 3.02. The predicted molar refractivity (Wildman–Crippen MR) is 124 cm³/mol. The van der Waals surface area contributed by atoms with E-state index < -0.39 is 6.09 Å². The number of fused-ring (bicyclic) bond motifs is 1. The molecule has 0 saturated carbocycles. The molecule has 0 unspecified atom stereocenters. The van der Waals surface area contributed by atoms with E-state index in [9.17, 15) is 4.79 Å². The Bertz CT molecular complexity index is 1090. The van der Waals surface area contributed by atoms with Gasteiger partial charge in [-0.05, 0) is 58.6 Å². The third-order valence-corrected chi connectivity index (χ3v) is 4.55.